The van der Waals surface area contributed by atoms with Gasteiger partial charge in [0.15, 0.2) is 0 Å². The molecule has 0 radical (unpaired) electrons. The van der Waals surface area contributed by atoms with Gasteiger partial charge in [0, 0.05) is 12.6 Å². The van der Waals surface area contributed by atoms with Crippen LogP contribution in [-0.2, 0) is 0 Å². The SMILES string of the molecule is Cc1c(C(=O)NC(CN)CC(C)C)cnn1-c1ccc(F)cc1. The highest BCUT2D eigenvalue weighted by Crippen LogP contribution is 2.15. The Morgan fingerprint density at radius 2 is 2.00 bits per heavy atom. The summed E-state index contributed by atoms with van der Waals surface area (Å²) in [5.74, 6) is -0.0464. The van der Waals surface area contributed by atoms with Crippen molar-refractivity contribution in [3.8, 4) is 5.69 Å². The van der Waals surface area contributed by atoms with Crippen LogP contribution in [0.25, 0.3) is 5.69 Å². The Kier molecular flexibility index (Phi) is 5.50. The molecule has 0 aliphatic carbocycles. The molecule has 5 nitrogen and oxygen atoms in total. The summed E-state index contributed by atoms with van der Waals surface area (Å²) >= 11 is 0. The minimum absolute atomic E-state index is 0.0592. The molecule has 1 aromatic heterocycles. The summed E-state index contributed by atoms with van der Waals surface area (Å²) in [6, 6.07) is 5.92. The van der Waals surface area contributed by atoms with Gasteiger partial charge in [0.25, 0.3) is 5.91 Å². The fourth-order valence-corrected chi connectivity index (χ4v) is 2.52. The average Bonchev–Trinajstić information content (AvgIpc) is 2.88. The van der Waals surface area contributed by atoms with E-state index in [2.05, 4.69) is 24.3 Å². The molecular formula is C17H23FN4O. The largest absolute Gasteiger partial charge is 0.348 e. The second kappa shape index (κ2) is 7.37. The van der Waals surface area contributed by atoms with Crippen LogP contribution in [0, 0.1) is 18.7 Å². The molecule has 2 rings (SSSR count). The predicted molar refractivity (Wildman–Crippen MR) is 88.0 cm³/mol. The highest BCUT2D eigenvalue weighted by atomic mass is 19.1. The van der Waals surface area contributed by atoms with Gasteiger partial charge in [0.1, 0.15) is 5.82 Å². The number of nitrogens with one attached hydrogen (secondary N) is 1. The zero-order valence-electron chi connectivity index (χ0n) is 13.7. The van der Waals surface area contributed by atoms with Gasteiger partial charge in [-0.25, -0.2) is 9.07 Å². The van der Waals surface area contributed by atoms with Gasteiger partial charge < -0.3 is 11.1 Å². The molecule has 0 saturated heterocycles. The molecule has 0 fully saturated rings. The molecule has 1 unspecified atom stereocenters. The van der Waals surface area contributed by atoms with E-state index >= 15 is 0 Å². The number of nitrogens with zero attached hydrogens (tertiary/aromatic N) is 2. The number of benzene rings is 1. The zero-order valence-corrected chi connectivity index (χ0v) is 13.7. The van der Waals surface area contributed by atoms with Crippen molar-refractivity contribution in [2.45, 2.75) is 33.2 Å². The highest BCUT2D eigenvalue weighted by Gasteiger charge is 2.18. The molecule has 1 aromatic carbocycles. The molecule has 2 aromatic rings. The Morgan fingerprint density at radius 3 is 2.57 bits per heavy atom. The standard InChI is InChI=1S/C17H23FN4O/c1-11(2)8-14(9-19)21-17(23)16-10-20-22(12(16)3)15-6-4-13(18)5-7-15/h4-7,10-11,14H,8-9,19H2,1-3H3,(H,21,23). The maximum absolute atomic E-state index is 13.0. The predicted octanol–water partition coefficient (Wildman–Crippen LogP) is 2.42. The summed E-state index contributed by atoms with van der Waals surface area (Å²) in [6.07, 6.45) is 2.35. The molecular weight excluding hydrogens is 295 g/mol. The third-order valence-corrected chi connectivity index (χ3v) is 3.70. The van der Waals surface area contributed by atoms with E-state index in [9.17, 15) is 9.18 Å². The molecule has 6 heteroatoms. The molecule has 0 aliphatic rings. The molecule has 1 heterocycles. The van der Waals surface area contributed by atoms with Crippen LogP contribution in [0.3, 0.4) is 0 Å². The van der Waals surface area contributed by atoms with Crippen LogP contribution in [0.1, 0.15) is 36.3 Å². The quantitative estimate of drug-likeness (QED) is 0.859. The Labute approximate surface area is 135 Å². The summed E-state index contributed by atoms with van der Waals surface area (Å²) in [7, 11) is 0. The smallest absolute Gasteiger partial charge is 0.255 e. The summed E-state index contributed by atoms with van der Waals surface area (Å²) in [5, 5.41) is 7.18. The summed E-state index contributed by atoms with van der Waals surface area (Å²) in [5.41, 5.74) is 7.63. The van der Waals surface area contributed by atoms with Gasteiger partial charge in [0.05, 0.1) is 23.1 Å². The van der Waals surface area contributed by atoms with E-state index in [0.717, 1.165) is 6.42 Å². The highest BCUT2D eigenvalue weighted by molar-refractivity contribution is 5.95. The van der Waals surface area contributed by atoms with Gasteiger partial charge in [-0.15, -0.1) is 0 Å². The van der Waals surface area contributed by atoms with E-state index in [4.69, 9.17) is 5.73 Å². The molecule has 1 amide bonds. The fourth-order valence-electron chi connectivity index (χ4n) is 2.52. The van der Waals surface area contributed by atoms with Crippen molar-refractivity contribution < 1.29 is 9.18 Å². The molecule has 1 atom stereocenters. The third-order valence-electron chi connectivity index (χ3n) is 3.70. The van der Waals surface area contributed by atoms with Crippen molar-refractivity contribution >= 4 is 5.91 Å². The first-order valence-corrected chi connectivity index (χ1v) is 7.73. The van der Waals surface area contributed by atoms with Gasteiger partial charge in [0.2, 0.25) is 0 Å². The van der Waals surface area contributed by atoms with E-state index < -0.39 is 0 Å². The Hall–Kier alpha value is -2.21. The van der Waals surface area contributed by atoms with Crippen LogP contribution in [0.4, 0.5) is 4.39 Å². The van der Waals surface area contributed by atoms with E-state index in [1.807, 2.05) is 6.92 Å². The van der Waals surface area contributed by atoms with Crippen molar-refractivity contribution in [2.24, 2.45) is 11.7 Å². The van der Waals surface area contributed by atoms with E-state index in [1.165, 1.54) is 18.3 Å². The van der Waals surface area contributed by atoms with Gasteiger partial charge >= 0.3 is 0 Å². The van der Waals surface area contributed by atoms with Crippen molar-refractivity contribution in [1.29, 1.82) is 0 Å². The normalized spacial score (nSPS) is 12.4. The lowest BCUT2D eigenvalue weighted by Gasteiger charge is -2.18. The third kappa shape index (κ3) is 4.16. The Balaban J connectivity index is 2.18. The van der Waals surface area contributed by atoms with Gasteiger partial charge in [-0.05, 0) is 43.5 Å². The number of hydrogen-bond donors (Lipinski definition) is 2. The van der Waals surface area contributed by atoms with Crippen molar-refractivity contribution in [3.05, 3.63) is 47.5 Å². The number of amides is 1. The number of carbonyl (C=O) groups excluding carboxylic acids is 1. The number of hydrogen-bond acceptors (Lipinski definition) is 3. The maximum atomic E-state index is 13.0. The number of rotatable bonds is 6. The van der Waals surface area contributed by atoms with E-state index in [0.29, 0.717) is 29.4 Å². The number of carbonyl (C=O) groups is 1. The lowest BCUT2D eigenvalue weighted by atomic mass is 10.0. The molecule has 0 bridgehead atoms. The first-order chi connectivity index (χ1) is 10.9. The van der Waals surface area contributed by atoms with Gasteiger partial charge in [-0.3, -0.25) is 4.79 Å². The first kappa shape index (κ1) is 17.1. The summed E-state index contributed by atoms with van der Waals surface area (Å²) in [4.78, 5) is 12.4. The van der Waals surface area contributed by atoms with Crippen molar-refractivity contribution in [3.63, 3.8) is 0 Å². The first-order valence-electron chi connectivity index (χ1n) is 7.73. The number of nitrogens with two attached hydrogens (primary N) is 1. The summed E-state index contributed by atoms with van der Waals surface area (Å²) in [6.45, 7) is 6.39. The fraction of sp³-hybridized carbons (Fsp3) is 0.412. The van der Waals surface area contributed by atoms with E-state index in [-0.39, 0.29) is 17.8 Å². The minimum atomic E-state index is -0.309. The molecule has 0 saturated carbocycles. The van der Waals surface area contributed by atoms with Crippen LogP contribution >= 0.6 is 0 Å². The van der Waals surface area contributed by atoms with Crippen molar-refractivity contribution in [2.75, 3.05) is 6.54 Å². The summed E-state index contributed by atoms with van der Waals surface area (Å²) < 4.78 is 14.6. The number of halogens is 1. The Bertz CT molecular complexity index is 664. The molecule has 23 heavy (non-hydrogen) atoms. The van der Waals surface area contributed by atoms with E-state index in [1.54, 1.807) is 16.8 Å². The van der Waals surface area contributed by atoms with Crippen LogP contribution in [0.5, 0.6) is 0 Å². The second-order valence-corrected chi connectivity index (χ2v) is 6.07. The lowest BCUT2D eigenvalue weighted by Crippen LogP contribution is -2.41. The monoisotopic (exact) mass is 318 g/mol. The number of aromatic nitrogens is 2. The van der Waals surface area contributed by atoms with Crippen molar-refractivity contribution in [1.82, 2.24) is 15.1 Å². The second-order valence-electron chi connectivity index (χ2n) is 6.07. The van der Waals surface area contributed by atoms with Gasteiger partial charge in [-0.2, -0.15) is 5.10 Å². The lowest BCUT2D eigenvalue weighted by molar-refractivity contribution is 0.0933. The molecule has 0 spiro atoms. The van der Waals surface area contributed by atoms with Gasteiger partial charge in [-0.1, -0.05) is 13.8 Å². The zero-order chi connectivity index (χ0) is 17.0. The van der Waals surface area contributed by atoms with Crippen LogP contribution < -0.4 is 11.1 Å². The minimum Gasteiger partial charge on any atom is -0.348 e. The molecule has 0 aliphatic heterocycles. The molecule has 3 N–H and O–H groups in total. The maximum Gasteiger partial charge on any atom is 0.255 e. The average molecular weight is 318 g/mol. The topological polar surface area (TPSA) is 72.9 Å². The van der Waals surface area contributed by atoms with Crippen LogP contribution in [-0.4, -0.2) is 28.3 Å². The Morgan fingerprint density at radius 1 is 1.35 bits per heavy atom. The molecule has 124 valence electrons. The van der Waals surface area contributed by atoms with Crippen LogP contribution in [0.2, 0.25) is 0 Å². The van der Waals surface area contributed by atoms with Crippen LogP contribution in [0.15, 0.2) is 30.5 Å².